The van der Waals surface area contributed by atoms with Crippen molar-refractivity contribution in [2.75, 3.05) is 11.5 Å². The zero-order chi connectivity index (χ0) is 15.6. The number of benzene rings is 2. The van der Waals surface area contributed by atoms with Crippen LogP contribution < -0.4 is 11.5 Å². The third kappa shape index (κ3) is 3.56. The van der Waals surface area contributed by atoms with Gasteiger partial charge in [0.1, 0.15) is 10.6 Å². The van der Waals surface area contributed by atoms with Crippen LogP contribution in [0.4, 0.5) is 22.7 Å². The topological polar surface area (TPSA) is 131 Å². The molecular formula is C13H14N4O3S. The molecule has 0 unspecified atom stereocenters. The normalized spacial score (nSPS) is 11.9. The molecule has 0 aliphatic heterocycles. The SMILES string of the molecule is Cc1ccc(N=Nc2cc(S(=O)(=O)O)c(N)cc2N)cc1. The Labute approximate surface area is 122 Å². The van der Waals surface area contributed by atoms with Gasteiger partial charge in [0.15, 0.2) is 0 Å². The number of aryl methyl sites for hydroxylation is 1. The Morgan fingerprint density at radius 1 is 1.00 bits per heavy atom. The number of nitrogen functional groups attached to an aromatic ring is 2. The molecule has 0 spiro atoms. The minimum absolute atomic E-state index is 0.109. The van der Waals surface area contributed by atoms with Crippen molar-refractivity contribution in [2.45, 2.75) is 11.8 Å². The number of hydrogen-bond donors (Lipinski definition) is 3. The second-order valence-electron chi connectivity index (χ2n) is 4.46. The van der Waals surface area contributed by atoms with Crippen LogP contribution in [0.2, 0.25) is 0 Å². The fourth-order valence-electron chi connectivity index (χ4n) is 1.64. The summed E-state index contributed by atoms with van der Waals surface area (Å²) in [6.07, 6.45) is 0. The first-order chi connectivity index (χ1) is 9.77. The molecule has 2 aromatic rings. The van der Waals surface area contributed by atoms with Crippen LogP contribution in [0.3, 0.4) is 0 Å². The zero-order valence-electron chi connectivity index (χ0n) is 11.2. The highest BCUT2D eigenvalue weighted by Gasteiger charge is 2.16. The Bertz CT molecular complexity index is 799. The predicted molar refractivity (Wildman–Crippen MR) is 80.4 cm³/mol. The van der Waals surface area contributed by atoms with Crippen LogP contribution >= 0.6 is 0 Å². The van der Waals surface area contributed by atoms with Crippen molar-refractivity contribution in [3.05, 3.63) is 42.0 Å². The van der Waals surface area contributed by atoms with E-state index in [4.69, 9.17) is 16.0 Å². The second kappa shape index (κ2) is 5.51. The molecule has 0 atom stereocenters. The van der Waals surface area contributed by atoms with Crippen molar-refractivity contribution in [1.82, 2.24) is 0 Å². The number of anilines is 2. The molecule has 0 saturated heterocycles. The maximum absolute atomic E-state index is 11.2. The average molecular weight is 306 g/mol. The Balaban J connectivity index is 2.42. The molecule has 0 saturated carbocycles. The third-order valence-corrected chi connectivity index (χ3v) is 3.65. The standard InChI is InChI=1S/C13H14N4O3S/c1-8-2-4-9(5-3-8)16-17-12-7-13(21(18,19)20)11(15)6-10(12)14/h2-7H,14-15H2,1H3,(H,18,19,20). The summed E-state index contributed by atoms with van der Waals surface area (Å²) in [5, 5.41) is 7.85. The van der Waals surface area contributed by atoms with Gasteiger partial charge in [0, 0.05) is 0 Å². The molecular weight excluding hydrogens is 292 g/mol. The summed E-state index contributed by atoms with van der Waals surface area (Å²) in [6.45, 7) is 1.94. The van der Waals surface area contributed by atoms with Gasteiger partial charge >= 0.3 is 0 Å². The molecule has 110 valence electrons. The summed E-state index contributed by atoms with van der Waals surface area (Å²) in [6, 6.07) is 9.55. The van der Waals surface area contributed by atoms with E-state index >= 15 is 0 Å². The highest BCUT2D eigenvalue weighted by Crippen LogP contribution is 2.31. The van der Waals surface area contributed by atoms with Crippen LogP contribution in [0.15, 0.2) is 51.5 Å². The lowest BCUT2D eigenvalue weighted by Gasteiger charge is -2.06. The van der Waals surface area contributed by atoms with E-state index in [1.165, 1.54) is 6.07 Å². The van der Waals surface area contributed by atoms with E-state index in [2.05, 4.69) is 10.2 Å². The number of hydrogen-bond acceptors (Lipinski definition) is 6. The maximum atomic E-state index is 11.2. The van der Waals surface area contributed by atoms with Crippen LogP contribution in [0.1, 0.15) is 5.56 Å². The van der Waals surface area contributed by atoms with Gasteiger partial charge < -0.3 is 11.5 Å². The van der Waals surface area contributed by atoms with Crippen LogP contribution in [0, 0.1) is 6.92 Å². The van der Waals surface area contributed by atoms with Gasteiger partial charge in [0.2, 0.25) is 0 Å². The van der Waals surface area contributed by atoms with Gasteiger partial charge in [-0.2, -0.15) is 13.5 Å². The van der Waals surface area contributed by atoms with Crippen molar-refractivity contribution in [1.29, 1.82) is 0 Å². The smallest absolute Gasteiger partial charge is 0.296 e. The van der Waals surface area contributed by atoms with Crippen molar-refractivity contribution in [2.24, 2.45) is 10.2 Å². The van der Waals surface area contributed by atoms with Crippen molar-refractivity contribution in [3.8, 4) is 0 Å². The molecule has 0 aliphatic carbocycles. The molecule has 8 heteroatoms. The Hall–Kier alpha value is -2.45. The first kappa shape index (κ1) is 14.9. The van der Waals surface area contributed by atoms with Gasteiger partial charge in [-0.25, -0.2) is 0 Å². The lowest BCUT2D eigenvalue weighted by Crippen LogP contribution is -2.04. The van der Waals surface area contributed by atoms with Crippen LogP contribution in [0.25, 0.3) is 0 Å². The van der Waals surface area contributed by atoms with E-state index in [0.29, 0.717) is 5.69 Å². The quantitative estimate of drug-likeness (QED) is 0.456. The van der Waals surface area contributed by atoms with Gasteiger partial charge in [-0.05, 0) is 31.2 Å². The van der Waals surface area contributed by atoms with E-state index in [1.54, 1.807) is 12.1 Å². The zero-order valence-corrected chi connectivity index (χ0v) is 12.0. The molecule has 7 nitrogen and oxygen atoms in total. The summed E-state index contributed by atoms with van der Waals surface area (Å²) in [5.41, 5.74) is 13.0. The minimum Gasteiger partial charge on any atom is -0.398 e. The molecule has 0 bridgehead atoms. The summed E-state index contributed by atoms with van der Waals surface area (Å²) >= 11 is 0. The number of rotatable bonds is 3. The van der Waals surface area contributed by atoms with E-state index in [0.717, 1.165) is 11.6 Å². The first-order valence-corrected chi connectivity index (χ1v) is 7.36. The molecule has 2 aromatic carbocycles. The molecule has 2 rings (SSSR count). The summed E-state index contributed by atoms with van der Waals surface area (Å²) in [5.74, 6) is 0. The van der Waals surface area contributed by atoms with Crippen LogP contribution in [-0.4, -0.2) is 13.0 Å². The van der Waals surface area contributed by atoms with Crippen LogP contribution in [-0.2, 0) is 10.1 Å². The molecule has 0 amide bonds. The third-order valence-electron chi connectivity index (χ3n) is 2.74. The van der Waals surface area contributed by atoms with Gasteiger partial charge in [-0.15, -0.1) is 5.11 Å². The molecule has 0 aromatic heterocycles. The van der Waals surface area contributed by atoms with E-state index in [-0.39, 0.29) is 17.1 Å². The van der Waals surface area contributed by atoms with Gasteiger partial charge in [-0.3, -0.25) is 4.55 Å². The van der Waals surface area contributed by atoms with Crippen LogP contribution in [0.5, 0.6) is 0 Å². The fourth-order valence-corrected chi connectivity index (χ4v) is 2.25. The summed E-state index contributed by atoms with van der Waals surface area (Å²) < 4.78 is 31.5. The Morgan fingerprint density at radius 3 is 2.19 bits per heavy atom. The second-order valence-corrected chi connectivity index (χ2v) is 5.85. The van der Waals surface area contributed by atoms with Crippen molar-refractivity contribution in [3.63, 3.8) is 0 Å². The van der Waals surface area contributed by atoms with Gasteiger partial charge in [0.05, 0.1) is 17.1 Å². The molecule has 0 aliphatic rings. The molecule has 21 heavy (non-hydrogen) atoms. The summed E-state index contributed by atoms with van der Waals surface area (Å²) in [7, 11) is -4.44. The lowest BCUT2D eigenvalue weighted by molar-refractivity contribution is 0.483. The van der Waals surface area contributed by atoms with E-state index in [9.17, 15) is 8.42 Å². The summed E-state index contributed by atoms with van der Waals surface area (Å²) in [4.78, 5) is -0.449. The Kier molecular flexibility index (Phi) is 3.92. The highest BCUT2D eigenvalue weighted by atomic mass is 32.2. The molecule has 0 radical (unpaired) electrons. The minimum atomic E-state index is -4.44. The van der Waals surface area contributed by atoms with Crippen molar-refractivity contribution >= 4 is 32.9 Å². The number of azo groups is 1. The highest BCUT2D eigenvalue weighted by molar-refractivity contribution is 7.86. The monoisotopic (exact) mass is 306 g/mol. The largest absolute Gasteiger partial charge is 0.398 e. The van der Waals surface area contributed by atoms with Gasteiger partial charge in [-0.1, -0.05) is 17.7 Å². The molecule has 0 fully saturated rings. The number of nitrogens with two attached hydrogens (primary N) is 2. The number of nitrogens with zero attached hydrogens (tertiary/aromatic N) is 2. The maximum Gasteiger partial charge on any atom is 0.296 e. The van der Waals surface area contributed by atoms with Crippen molar-refractivity contribution < 1.29 is 13.0 Å². The van der Waals surface area contributed by atoms with E-state index in [1.807, 2.05) is 19.1 Å². The first-order valence-electron chi connectivity index (χ1n) is 5.92. The molecule has 0 heterocycles. The molecule has 5 N–H and O–H groups in total. The Morgan fingerprint density at radius 2 is 1.62 bits per heavy atom. The lowest BCUT2D eigenvalue weighted by atomic mass is 10.2. The average Bonchev–Trinajstić information content (AvgIpc) is 2.38. The van der Waals surface area contributed by atoms with E-state index < -0.39 is 15.0 Å². The van der Waals surface area contributed by atoms with Gasteiger partial charge in [0.25, 0.3) is 10.1 Å². The predicted octanol–water partition coefficient (Wildman–Crippen LogP) is 2.82. The fraction of sp³-hybridized carbons (Fsp3) is 0.0769.